The second kappa shape index (κ2) is 7.79. The molecule has 0 unspecified atom stereocenters. The van der Waals surface area contributed by atoms with Gasteiger partial charge in [0.1, 0.15) is 5.69 Å². The van der Waals surface area contributed by atoms with E-state index >= 15 is 0 Å². The first-order valence-corrected chi connectivity index (χ1v) is 9.07. The molecule has 4 nitrogen and oxygen atoms in total. The molecule has 2 aromatic rings. The molecule has 1 fully saturated rings. The Bertz CT molecular complexity index is 714. The normalized spacial score (nSPS) is 17.8. The maximum atomic E-state index is 13.1. The van der Waals surface area contributed by atoms with Crippen LogP contribution in [0.3, 0.4) is 0 Å². The number of rotatable bonds is 5. The van der Waals surface area contributed by atoms with Gasteiger partial charge in [-0.1, -0.05) is 30.3 Å². The Kier molecular flexibility index (Phi) is 5.49. The summed E-state index contributed by atoms with van der Waals surface area (Å²) in [5.74, 6) is 0.00125. The number of nitrogens with zero attached hydrogens (tertiary/aromatic N) is 3. The van der Waals surface area contributed by atoms with Gasteiger partial charge in [-0.2, -0.15) is 0 Å². The molecule has 132 valence electrons. The quantitative estimate of drug-likeness (QED) is 0.830. The van der Waals surface area contributed by atoms with Gasteiger partial charge in [0.25, 0.3) is 5.91 Å². The highest BCUT2D eigenvalue weighted by atomic mass is 16.2. The number of hydrogen-bond donors (Lipinski definition) is 0. The van der Waals surface area contributed by atoms with E-state index in [9.17, 15) is 4.79 Å². The molecule has 1 aliphatic heterocycles. The van der Waals surface area contributed by atoms with E-state index in [0.29, 0.717) is 18.3 Å². The van der Waals surface area contributed by atoms with E-state index in [-0.39, 0.29) is 11.9 Å². The Balaban J connectivity index is 1.82. The highest BCUT2D eigenvalue weighted by Crippen LogP contribution is 2.30. The van der Waals surface area contributed by atoms with Gasteiger partial charge < -0.3 is 4.90 Å². The van der Waals surface area contributed by atoms with Crippen molar-refractivity contribution in [1.29, 1.82) is 0 Å². The fraction of sp³-hybridized carbons (Fsp3) is 0.429. The minimum Gasteiger partial charge on any atom is -0.331 e. The van der Waals surface area contributed by atoms with Crippen molar-refractivity contribution < 1.29 is 4.79 Å². The lowest BCUT2D eigenvalue weighted by Gasteiger charge is -2.27. The SMILES string of the molecule is CC(C)N(Cc1ccccc1)C(=O)c1cc([C@H]2CCCN2C)ccn1. The van der Waals surface area contributed by atoms with Crippen LogP contribution >= 0.6 is 0 Å². The van der Waals surface area contributed by atoms with E-state index < -0.39 is 0 Å². The van der Waals surface area contributed by atoms with Crippen LogP contribution in [-0.4, -0.2) is 40.3 Å². The highest BCUT2D eigenvalue weighted by Gasteiger charge is 2.25. The van der Waals surface area contributed by atoms with Gasteiger partial charge in [-0.3, -0.25) is 14.7 Å². The molecule has 0 saturated carbocycles. The summed E-state index contributed by atoms with van der Waals surface area (Å²) in [6.07, 6.45) is 4.13. The van der Waals surface area contributed by atoms with Crippen LogP contribution in [0.25, 0.3) is 0 Å². The summed E-state index contributed by atoms with van der Waals surface area (Å²) in [5, 5.41) is 0. The van der Waals surface area contributed by atoms with E-state index in [0.717, 1.165) is 18.5 Å². The van der Waals surface area contributed by atoms with E-state index in [1.165, 1.54) is 12.0 Å². The fourth-order valence-electron chi connectivity index (χ4n) is 3.52. The third kappa shape index (κ3) is 4.07. The molecule has 0 aliphatic carbocycles. The largest absolute Gasteiger partial charge is 0.331 e. The monoisotopic (exact) mass is 337 g/mol. The lowest BCUT2D eigenvalue weighted by Crippen LogP contribution is -2.37. The zero-order valence-electron chi connectivity index (χ0n) is 15.4. The van der Waals surface area contributed by atoms with Crippen molar-refractivity contribution in [2.75, 3.05) is 13.6 Å². The molecule has 0 N–H and O–H groups in total. The minimum atomic E-state index is 0.00125. The molecular weight excluding hydrogens is 310 g/mol. The number of hydrogen-bond acceptors (Lipinski definition) is 3. The molecule has 1 atom stereocenters. The lowest BCUT2D eigenvalue weighted by molar-refractivity contribution is 0.0684. The summed E-state index contributed by atoms with van der Waals surface area (Å²) in [6.45, 7) is 5.82. The van der Waals surface area contributed by atoms with E-state index in [2.05, 4.69) is 42.9 Å². The van der Waals surface area contributed by atoms with E-state index in [1.807, 2.05) is 35.2 Å². The molecular formula is C21H27N3O. The Morgan fingerprint density at radius 1 is 1.28 bits per heavy atom. The predicted octanol–water partition coefficient (Wildman–Crippen LogP) is 3.90. The molecule has 2 heterocycles. The molecule has 1 saturated heterocycles. The van der Waals surface area contributed by atoms with Gasteiger partial charge in [-0.05, 0) is 63.5 Å². The van der Waals surface area contributed by atoms with Gasteiger partial charge >= 0.3 is 0 Å². The first kappa shape index (κ1) is 17.6. The van der Waals surface area contributed by atoms with Crippen molar-refractivity contribution in [1.82, 2.24) is 14.8 Å². The Hall–Kier alpha value is -2.20. The van der Waals surface area contributed by atoms with Crippen LogP contribution in [-0.2, 0) is 6.54 Å². The summed E-state index contributed by atoms with van der Waals surface area (Å²) in [5.41, 5.74) is 2.88. The fourth-order valence-corrected chi connectivity index (χ4v) is 3.52. The highest BCUT2D eigenvalue weighted by molar-refractivity contribution is 5.92. The number of likely N-dealkylation sites (tertiary alicyclic amines) is 1. The molecule has 0 radical (unpaired) electrons. The predicted molar refractivity (Wildman–Crippen MR) is 100 cm³/mol. The number of amides is 1. The van der Waals surface area contributed by atoms with Crippen molar-refractivity contribution >= 4 is 5.91 Å². The van der Waals surface area contributed by atoms with E-state index in [1.54, 1.807) is 6.20 Å². The number of carbonyl (C=O) groups is 1. The average Bonchev–Trinajstić information content (AvgIpc) is 3.06. The molecule has 0 spiro atoms. The zero-order valence-corrected chi connectivity index (χ0v) is 15.4. The summed E-state index contributed by atoms with van der Waals surface area (Å²) >= 11 is 0. The topological polar surface area (TPSA) is 36.4 Å². The number of benzene rings is 1. The summed E-state index contributed by atoms with van der Waals surface area (Å²) in [4.78, 5) is 21.7. The Morgan fingerprint density at radius 3 is 2.68 bits per heavy atom. The number of aromatic nitrogens is 1. The number of pyridine rings is 1. The molecule has 1 amide bonds. The Morgan fingerprint density at radius 2 is 2.04 bits per heavy atom. The van der Waals surface area contributed by atoms with Crippen LogP contribution in [0.1, 0.15) is 54.3 Å². The van der Waals surface area contributed by atoms with Gasteiger partial charge in [0.2, 0.25) is 0 Å². The molecule has 0 bridgehead atoms. The molecule has 3 rings (SSSR count). The first-order chi connectivity index (χ1) is 12.1. The second-order valence-corrected chi connectivity index (χ2v) is 7.13. The molecule has 1 aromatic carbocycles. The standard InChI is InChI=1S/C21H27N3O/c1-16(2)24(15-17-8-5-4-6-9-17)21(25)19-14-18(11-12-22-19)20-10-7-13-23(20)3/h4-6,8-9,11-12,14,16,20H,7,10,13,15H2,1-3H3/t20-/m1/s1. The summed E-state index contributed by atoms with van der Waals surface area (Å²) in [7, 11) is 2.15. The van der Waals surface area contributed by atoms with Crippen LogP contribution in [0.5, 0.6) is 0 Å². The summed E-state index contributed by atoms with van der Waals surface area (Å²) in [6, 6.07) is 14.7. The van der Waals surface area contributed by atoms with Gasteiger partial charge in [-0.25, -0.2) is 0 Å². The maximum Gasteiger partial charge on any atom is 0.272 e. The second-order valence-electron chi connectivity index (χ2n) is 7.13. The minimum absolute atomic E-state index is 0.00125. The molecule has 4 heteroatoms. The van der Waals surface area contributed by atoms with Crippen molar-refractivity contribution in [3.8, 4) is 0 Å². The van der Waals surface area contributed by atoms with Crippen molar-refractivity contribution in [3.05, 3.63) is 65.5 Å². The third-order valence-electron chi connectivity index (χ3n) is 4.99. The molecule has 1 aliphatic rings. The maximum absolute atomic E-state index is 13.1. The van der Waals surface area contributed by atoms with Crippen LogP contribution in [0.15, 0.2) is 48.7 Å². The summed E-state index contributed by atoms with van der Waals surface area (Å²) < 4.78 is 0. The zero-order chi connectivity index (χ0) is 17.8. The van der Waals surface area contributed by atoms with Gasteiger partial charge in [-0.15, -0.1) is 0 Å². The van der Waals surface area contributed by atoms with Crippen molar-refractivity contribution in [2.24, 2.45) is 0 Å². The number of carbonyl (C=O) groups excluding carboxylic acids is 1. The third-order valence-corrected chi connectivity index (χ3v) is 4.99. The Labute approximate surface area is 150 Å². The van der Waals surface area contributed by atoms with Crippen molar-refractivity contribution in [2.45, 2.75) is 45.3 Å². The smallest absolute Gasteiger partial charge is 0.272 e. The lowest BCUT2D eigenvalue weighted by atomic mass is 10.0. The van der Waals surface area contributed by atoms with Crippen LogP contribution in [0.4, 0.5) is 0 Å². The van der Waals surface area contributed by atoms with Crippen LogP contribution < -0.4 is 0 Å². The first-order valence-electron chi connectivity index (χ1n) is 9.07. The van der Waals surface area contributed by atoms with Crippen LogP contribution in [0.2, 0.25) is 0 Å². The van der Waals surface area contributed by atoms with Gasteiger partial charge in [0.05, 0.1) is 0 Å². The van der Waals surface area contributed by atoms with Crippen LogP contribution in [0, 0.1) is 0 Å². The van der Waals surface area contributed by atoms with Crippen molar-refractivity contribution in [3.63, 3.8) is 0 Å². The average molecular weight is 337 g/mol. The van der Waals surface area contributed by atoms with Gasteiger partial charge in [0.15, 0.2) is 0 Å². The van der Waals surface area contributed by atoms with E-state index in [4.69, 9.17) is 0 Å². The molecule has 25 heavy (non-hydrogen) atoms. The van der Waals surface area contributed by atoms with Gasteiger partial charge in [0, 0.05) is 24.8 Å². The molecule has 1 aromatic heterocycles.